The van der Waals surface area contributed by atoms with E-state index in [0.29, 0.717) is 18.7 Å². The first kappa shape index (κ1) is 15.0. The van der Waals surface area contributed by atoms with Gasteiger partial charge in [-0.3, -0.25) is 0 Å². The zero-order valence-corrected chi connectivity index (χ0v) is 12.5. The molecule has 0 unspecified atom stereocenters. The van der Waals surface area contributed by atoms with Crippen molar-refractivity contribution in [1.29, 1.82) is 0 Å². The molecule has 1 heterocycles. The first-order valence-electron chi connectivity index (χ1n) is 7.44. The van der Waals surface area contributed by atoms with Gasteiger partial charge in [0.1, 0.15) is 6.29 Å². The van der Waals surface area contributed by atoms with Crippen LogP contribution in [0.3, 0.4) is 0 Å². The molecule has 0 atom stereocenters. The fourth-order valence-corrected chi connectivity index (χ4v) is 4.65. The lowest BCUT2D eigenvalue weighted by Crippen LogP contribution is -2.40. The highest BCUT2D eigenvalue weighted by molar-refractivity contribution is 7.91. The van der Waals surface area contributed by atoms with Gasteiger partial charge in [0.05, 0.1) is 11.5 Å². The van der Waals surface area contributed by atoms with E-state index in [0.717, 1.165) is 45.1 Å². The fourth-order valence-electron chi connectivity index (χ4n) is 3.34. The number of rotatable bonds is 3. The van der Waals surface area contributed by atoms with Gasteiger partial charge in [-0.25, -0.2) is 8.42 Å². The molecule has 0 N–H and O–H groups in total. The normalized spacial score (nSPS) is 28.2. The number of hydrogen-bond donors (Lipinski definition) is 0. The maximum absolute atomic E-state index is 11.6. The minimum absolute atomic E-state index is 0.218. The molecule has 0 aromatic carbocycles. The average Bonchev–Trinajstić information content (AvgIpc) is 2.70. The molecule has 1 aliphatic heterocycles. The van der Waals surface area contributed by atoms with E-state index in [4.69, 9.17) is 0 Å². The summed E-state index contributed by atoms with van der Waals surface area (Å²) in [7, 11) is -2.86. The third kappa shape index (κ3) is 4.28. The molecule has 110 valence electrons. The molecule has 0 aromatic heterocycles. The molecule has 0 amide bonds. The standard InChI is InChI=1S/C14H25NO3S/c16-13-14(6-3-1-2-4-7-14)12-15-8-5-10-19(17,18)11-9-15/h13H,1-12H2. The molecule has 1 aliphatic carbocycles. The Morgan fingerprint density at radius 1 is 0.947 bits per heavy atom. The van der Waals surface area contributed by atoms with Gasteiger partial charge in [0.25, 0.3) is 0 Å². The van der Waals surface area contributed by atoms with Crippen molar-refractivity contribution < 1.29 is 13.2 Å². The van der Waals surface area contributed by atoms with Crippen molar-refractivity contribution >= 4 is 16.1 Å². The van der Waals surface area contributed by atoms with Crippen LogP contribution in [0.25, 0.3) is 0 Å². The summed E-state index contributed by atoms with van der Waals surface area (Å²) >= 11 is 0. The summed E-state index contributed by atoms with van der Waals surface area (Å²) in [4.78, 5) is 13.8. The molecule has 0 radical (unpaired) electrons. The largest absolute Gasteiger partial charge is 0.303 e. The number of carbonyl (C=O) groups is 1. The minimum Gasteiger partial charge on any atom is -0.303 e. The summed E-state index contributed by atoms with van der Waals surface area (Å²) in [6.07, 6.45) is 8.51. The van der Waals surface area contributed by atoms with Gasteiger partial charge in [0, 0.05) is 18.5 Å². The Hall–Kier alpha value is -0.420. The van der Waals surface area contributed by atoms with Crippen LogP contribution in [-0.4, -0.2) is 50.7 Å². The van der Waals surface area contributed by atoms with Crippen molar-refractivity contribution in [1.82, 2.24) is 4.90 Å². The predicted molar refractivity (Wildman–Crippen MR) is 75.9 cm³/mol. The van der Waals surface area contributed by atoms with Crippen molar-refractivity contribution in [2.45, 2.75) is 44.9 Å². The lowest BCUT2D eigenvalue weighted by atomic mass is 9.81. The molecule has 0 spiro atoms. The molecular formula is C14H25NO3S. The maximum Gasteiger partial charge on any atom is 0.151 e. The van der Waals surface area contributed by atoms with Gasteiger partial charge in [-0.1, -0.05) is 25.7 Å². The van der Waals surface area contributed by atoms with Crippen LogP contribution in [0.2, 0.25) is 0 Å². The summed E-state index contributed by atoms with van der Waals surface area (Å²) < 4.78 is 23.2. The summed E-state index contributed by atoms with van der Waals surface area (Å²) in [6, 6.07) is 0. The highest BCUT2D eigenvalue weighted by Crippen LogP contribution is 2.34. The number of hydrogen-bond acceptors (Lipinski definition) is 4. The maximum atomic E-state index is 11.6. The second-order valence-electron chi connectivity index (χ2n) is 6.18. The van der Waals surface area contributed by atoms with E-state index >= 15 is 0 Å². The summed E-state index contributed by atoms with van der Waals surface area (Å²) in [5.41, 5.74) is -0.218. The fraction of sp³-hybridized carbons (Fsp3) is 0.929. The average molecular weight is 287 g/mol. The second kappa shape index (κ2) is 6.35. The minimum atomic E-state index is -2.86. The number of sulfone groups is 1. The third-order valence-corrected chi connectivity index (χ3v) is 6.25. The van der Waals surface area contributed by atoms with E-state index in [2.05, 4.69) is 4.90 Å². The molecule has 0 aromatic rings. The van der Waals surface area contributed by atoms with Gasteiger partial charge in [-0.05, 0) is 25.8 Å². The van der Waals surface area contributed by atoms with E-state index in [1.807, 2.05) is 0 Å². The molecule has 1 saturated heterocycles. The van der Waals surface area contributed by atoms with Crippen LogP contribution in [0.1, 0.15) is 44.9 Å². The van der Waals surface area contributed by atoms with Gasteiger partial charge in [-0.2, -0.15) is 0 Å². The number of carbonyl (C=O) groups excluding carboxylic acids is 1. The number of nitrogens with zero attached hydrogens (tertiary/aromatic N) is 1. The Morgan fingerprint density at radius 3 is 2.26 bits per heavy atom. The van der Waals surface area contributed by atoms with E-state index in [1.54, 1.807) is 0 Å². The zero-order valence-electron chi connectivity index (χ0n) is 11.6. The summed E-state index contributed by atoms with van der Waals surface area (Å²) in [5, 5.41) is 0. The van der Waals surface area contributed by atoms with Crippen LogP contribution in [-0.2, 0) is 14.6 Å². The molecule has 2 rings (SSSR count). The lowest BCUT2D eigenvalue weighted by molar-refractivity contribution is -0.118. The molecular weight excluding hydrogens is 262 g/mol. The highest BCUT2D eigenvalue weighted by atomic mass is 32.2. The van der Waals surface area contributed by atoms with Crippen molar-refractivity contribution in [3.05, 3.63) is 0 Å². The Labute approximate surface area is 116 Å². The Kier molecular flexibility index (Phi) is 5.01. The van der Waals surface area contributed by atoms with Crippen LogP contribution in [0.4, 0.5) is 0 Å². The Morgan fingerprint density at radius 2 is 1.63 bits per heavy atom. The molecule has 4 nitrogen and oxygen atoms in total. The second-order valence-corrected chi connectivity index (χ2v) is 8.48. The molecule has 1 saturated carbocycles. The quantitative estimate of drug-likeness (QED) is 0.585. The Bertz CT molecular complexity index is 397. The van der Waals surface area contributed by atoms with E-state index in [-0.39, 0.29) is 11.2 Å². The summed E-state index contributed by atoms with van der Waals surface area (Å²) in [6.45, 7) is 2.17. The van der Waals surface area contributed by atoms with Crippen LogP contribution < -0.4 is 0 Å². The first-order chi connectivity index (χ1) is 9.05. The predicted octanol–water partition coefficient (Wildman–Crippen LogP) is 1.65. The van der Waals surface area contributed by atoms with Gasteiger partial charge >= 0.3 is 0 Å². The Balaban J connectivity index is 1.99. The van der Waals surface area contributed by atoms with Crippen molar-refractivity contribution in [3.8, 4) is 0 Å². The van der Waals surface area contributed by atoms with Crippen molar-refractivity contribution in [3.63, 3.8) is 0 Å². The van der Waals surface area contributed by atoms with E-state index in [9.17, 15) is 13.2 Å². The molecule has 19 heavy (non-hydrogen) atoms. The smallest absolute Gasteiger partial charge is 0.151 e. The third-order valence-electron chi connectivity index (χ3n) is 4.54. The topological polar surface area (TPSA) is 54.5 Å². The van der Waals surface area contributed by atoms with Crippen LogP contribution in [0, 0.1) is 5.41 Å². The summed E-state index contributed by atoms with van der Waals surface area (Å²) in [5.74, 6) is 0.555. The van der Waals surface area contributed by atoms with Crippen molar-refractivity contribution in [2.75, 3.05) is 31.1 Å². The van der Waals surface area contributed by atoms with Gasteiger partial charge in [0.2, 0.25) is 0 Å². The lowest BCUT2D eigenvalue weighted by Gasteiger charge is -2.33. The highest BCUT2D eigenvalue weighted by Gasteiger charge is 2.33. The molecule has 0 bridgehead atoms. The van der Waals surface area contributed by atoms with E-state index < -0.39 is 9.84 Å². The van der Waals surface area contributed by atoms with Crippen LogP contribution >= 0.6 is 0 Å². The van der Waals surface area contributed by atoms with Gasteiger partial charge in [0.15, 0.2) is 9.84 Å². The SMILES string of the molecule is O=CC1(CN2CCCS(=O)(=O)CC2)CCCCCC1. The number of aldehydes is 1. The van der Waals surface area contributed by atoms with E-state index in [1.165, 1.54) is 12.8 Å². The van der Waals surface area contributed by atoms with Gasteiger partial charge in [-0.15, -0.1) is 0 Å². The van der Waals surface area contributed by atoms with Crippen LogP contribution in [0.5, 0.6) is 0 Å². The zero-order chi connectivity index (χ0) is 13.8. The van der Waals surface area contributed by atoms with Gasteiger partial charge < -0.3 is 9.69 Å². The molecule has 2 fully saturated rings. The van der Waals surface area contributed by atoms with Crippen molar-refractivity contribution in [2.24, 2.45) is 5.41 Å². The molecule has 2 aliphatic rings. The molecule has 5 heteroatoms. The monoisotopic (exact) mass is 287 g/mol. The van der Waals surface area contributed by atoms with Crippen LogP contribution in [0.15, 0.2) is 0 Å². The first-order valence-corrected chi connectivity index (χ1v) is 9.27.